The van der Waals surface area contributed by atoms with E-state index in [2.05, 4.69) is 0 Å². The Hall–Kier alpha value is -2.89. The summed E-state index contributed by atoms with van der Waals surface area (Å²) in [6.45, 7) is 1.75. The van der Waals surface area contributed by atoms with Crippen LogP contribution in [0.1, 0.15) is 18.1 Å². The topological polar surface area (TPSA) is 55.8 Å². The number of likely N-dealkylation sites (N-methyl/N-ethyl adjacent to an activating group) is 1. The number of hydrogen-bond donors (Lipinski definition) is 0. The Morgan fingerprint density at radius 1 is 1.15 bits per heavy atom. The van der Waals surface area contributed by atoms with Gasteiger partial charge in [-0.15, -0.1) is 0 Å². The summed E-state index contributed by atoms with van der Waals surface area (Å²) in [5, 5.41) is 0. The van der Waals surface area contributed by atoms with Crippen LogP contribution in [-0.2, 0) is 27.3 Å². The van der Waals surface area contributed by atoms with Gasteiger partial charge in [-0.05, 0) is 30.7 Å². The Labute approximate surface area is 152 Å². The van der Waals surface area contributed by atoms with Crippen LogP contribution in [0.2, 0.25) is 0 Å². The molecule has 0 saturated carbocycles. The maximum atomic E-state index is 13.2. The van der Waals surface area contributed by atoms with Crippen LogP contribution in [-0.4, -0.2) is 37.0 Å². The molecule has 0 heterocycles. The number of esters is 1. The maximum Gasteiger partial charge on any atom is 0.311 e. The first kappa shape index (κ1) is 19.4. The quantitative estimate of drug-likeness (QED) is 0.713. The third-order valence-electron chi connectivity index (χ3n) is 3.87. The van der Waals surface area contributed by atoms with E-state index in [1.54, 1.807) is 43.4 Å². The van der Waals surface area contributed by atoms with Crippen LogP contribution < -0.4 is 4.74 Å². The van der Waals surface area contributed by atoms with Crippen LogP contribution in [0.15, 0.2) is 48.5 Å². The van der Waals surface area contributed by atoms with E-state index in [9.17, 15) is 14.0 Å². The van der Waals surface area contributed by atoms with Crippen LogP contribution in [0.4, 0.5) is 4.39 Å². The highest BCUT2D eigenvalue weighted by molar-refractivity contribution is 5.84. The van der Waals surface area contributed by atoms with Gasteiger partial charge in [-0.3, -0.25) is 9.59 Å². The second-order valence-corrected chi connectivity index (χ2v) is 5.94. The normalized spacial score (nSPS) is 11.5. The standard InChI is InChI=1S/C20H22FNO4/c1-14(20(24)22(2)13-15-7-6-9-17(21)11-15)26-19(23)12-16-8-4-5-10-18(16)25-3/h4-11,14H,12-13H2,1-3H3. The number of ether oxygens (including phenoxy) is 2. The molecule has 26 heavy (non-hydrogen) atoms. The molecule has 0 N–H and O–H groups in total. The molecule has 0 aliphatic heterocycles. The first-order chi connectivity index (χ1) is 12.4. The first-order valence-electron chi connectivity index (χ1n) is 8.21. The molecule has 1 amide bonds. The first-order valence-corrected chi connectivity index (χ1v) is 8.21. The molecule has 0 fully saturated rings. The number of para-hydroxylation sites is 1. The van der Waals surface area contributed by atoms with Gasteiger partial charge in [0.25, 0.3) is 5.91 Å². The zero-order valence-corrected chi connectivity index (χ0v) is 15.1. The molecule has 0 aliphatic carbocycles. The summed E-state index contributed by atoms with van der Waals surface area (Å²) >= 11 is 0. The van der Waals surface area contributed by atoms with E-state index in [-0.39, 0.29) is 24.7 Å². The average molecular weight is 359 g/mol. The Morgan fingerprint density at radius 3 is 2.58 bits per heavy atom. The lowest BCUT2D eigenvalue weighted by molar-refractivity contribution is -0.158. The van der Waals surface area contributed by atoms with Crippen molar-refractivity contribution in [3.05, 3.63) is 65.5 Å². The number of carbonyl (C=O) groups is 2. The van der Waals surface area contributed by atoms with E-state index in [0.717, 1.165) is 0 Å². The zero-order valence-electron chi connectivity index (χ0n) is 15.1. The van der Waals surface area contributed by atoms with Crippen LogP contribution >= 0.6 is 0 Å². The fourth-order valence-corrected chi connectivity index (χ4v) is 2.59. The number of benzene rings is 2. The Bertz CT molecular complexity index is 778. The molecule has 2 aromatic rings. The SMILES string of the molecule is COc1ccccc1CC(=O)OC(C)C(=O)N(C)Cc1cccc(F)c1. The number of methoxy groups -OCH3 is 1. The number of nitrogens with zero attached hydrogens (tertiary/aromatic N) is 1. The van der Waals surface area contributed by atoms with E-state index in [1.807, 2.05) is 0 Å². The van der Waals surface area contributed by atoms with Gasteiger partial charge < -0.3 is 14.4 Å². The largest absolute Gasteiger partial charge is 0.496 e. The van der Waals surface area contributed by atoms with E-state index in [1.165, 1.54) is 31.1 Å². The number of halogens is 1. The molecule has 0 bridgehead atoms. The number of amides is 1. The maximum absolute atomic E-state index is 13.2. The van der Waals surface area contributed by atoms with E-state index in [0.29, 0.717) is 16.9 Å². The molecule has 0 radical (unpaired) electrons. The number of carbonyl (C=O) groups excluding carboxylic acids is 2. The second kappa shape index (κ2) is 8.99. The zero-order chi connectivity index (χ0) is 19.1. The van der Waals surface area contributed by atoms with Gasteiger partial charge in [0, 0.05) is 19.2 Å². The van der Waals surface area contributed by atoms with E-state index in [4.69, 9.17) is 9.47 Å². The minimum absolute atomic E-state index is 0.00917. The summed E-state index contributed by atoms with van der Waals surface area (Å²) in [6, 6.07) is 13.1. The lowest BCUT2D eigenvalue weighted by atomic mass is 10.1. The molecule has 0 aliphatic rings. The predicted molar refractivity (Wildman–Crippen MR) is 95.1 cm³/mol. The summed E-state index contributed by atoms with van der Waals surface area (Å²) < 4.78 is 23.7. The summed E-state index contributed by atoms with van der Waals surface area (Å²) in [7, 11) is 3.11. The summed E-state index contributed by atoms with van der Waals surface area (Å²) in [5.74, 6) is -0.650. The van der Waals surface area contributed by atoms with E-state index >= 15 is 0 Å². The summed E-state index contributed by atoms with van der Waals surface area (Å²) in [6.07, 6.45) is -0.925. The van der Waals surface area contributed by atoms with Crippen LogP contribution in [0.3, 0.4) is 0 Å². The van der Waals surface area contributed by atoms with Crippen molar-refractivity contribution in [2.45, 2.75) is 26.0 Å². The van der Waals surface area contributed by atoms with Crippen molar-refractivity contribution in [2.24, 2.45) is 0 Å². The number of hydrogen-bond acceptors (Lipinski definition) is 4. The highest BCUT2D eigenvalue weighted by Gasteiger charge is 2.22. The van der Waals surface area contributed by atoms with Gasteiger partial charge in [-0.1, -0.05) is 30.3 Å². The monoisotopic (exact) mass is 359 g/mol. The van der Waals surface area contributed by atoms with Crippen molar-refractivity contribution in [3.8, 4) is 5.75 Å². The van der Waals surface area contributed by atoms with Crippen molar-refractivity contribution < 1.29 is 23.5 Å². The smallest absolute Gasteiger partial charge is 0.311 e. The van der Waals surface area contributed by atoms with Crippen molar-refractivity contribution in [3.63, 3.8) is 0 Å². The van der Waals surface area contributed by atoms with Crippen molar-refractivity contribution in [2.75, 3.05) is 14.2 Å². The molecule has 6 heteroatoms. The fourth-order valence-electron chi connectivity index (χ4n) is 2.59. The molecule has 0 aromatic heterocycles. The highest BCUT2D eigenvalue weighted by Crippen LogP contribution is 2.18. The van der Waals surface area contributed by atoms with Gasteiger partial charge in [0.2, 0.25) is 0 Å². The van der Waals surface area contributed by atoms with Crippen molar-refractivity contribution >= 4 is 11.9 Å². The Morgan fingerprint density at radius 2 is 1.88 bits per heavy atom. The van der Waals surface area contributed by atoms with Gasteiger partial charge in [0.05, 0.1) is 13.5 Å². The van der Waals surface area contributed by atoms with Crippen LogP contribution in [0.25, 0.3) is 0 Å². The molecule has 138 valence electrons. The predicted octanol–water partition coefficient (Wildman–Crippen LogP) is 2.97. The minimum Gasteiger partial charge on any atom is -0.496 e. The summed E-state index contributed by atoms with van der Waals surface area (Å²) in [4.78, 5) is 25.9. The molecule has 2 aromatic carbocycles. The number of rotatable bonds is 7. The lowest BCUT2D eigenvalue weighted by Crippen LogP contribution is -2.37. The van der Waals surface area contributed by atoms with Gasteiger partial charge in [-0.25, -0.2) is 4.39 Å². The van der Waals surface area contributed by atoms with Gasteiger partial charge in [0.15, 0.2) is 6.10 Å². The van der Waals surface area contributed by atoms with Crippen LogP contribution in [0.5, 0.6) is 5.75 Å². The highest BCUT2D eigenvalue weighted by atomic mass is 19.1. The molecule has 1 atom stereocenters. The van der Waals surface area contributed by atoms with E-state index < -0.39 is 12.1 Å². The third kappa shape index (κ3) is 5.31. The van der Waals surface area contributed by atoms with Crippen LogP contribution in [0, 0.1) is 5.82 Å². The molecular weight excluding hydrogens is 337 g/mol. The third-order valence-corrected chi connectivity index (χ3v) is 3.87. The Balaban J connectivity index is 1.92. The molecule has 1 unspecified atom stereocenters. The van der Waals surface area contributed by atoms with Crippen molar-refractivity contribution in [1.29, 1.82) is 0 Å². The van der Waals surface area contributed by atoms with Crippen molar-refractivity contribution in [1.82, 2.24) is 4.90 Å². The average Bonchev–Trinajstić information content (AvgIpc) is 2.61. The summed E-state index contributed by atoms with van der Waals surface area (Å²) in [5.41, 5.74) is 1.35. The van der Waals surface area contributed by atoms with Gasteiger partial charge in [0.1, 0.15) is 11.6 Å². The molecule has 0 spiro atoms. The molecular formula is C20H22FNO4. The van der Waals surface area contributed by atoms with Gasteiger partial charge in [-0.2, -0.15) is 0 Å². The molecule has 0 saturated heterocycles. The Kier molecular flexibility index (Phi) is 6.72. The molecule has 5 nitrogen and oxygen atoms in total. The lowest BCUT2D eigenvalue weighted by Gasteiger charge is -2.21. The molecule has 2 rings (SSSR count). The van der Waals surface area contributed by atoms with Gasteiger partial charge >= 0.3 is 5.97 Å². The fraction of sp³-hybridized carbons (Fsp3) is 0.300. The minimum atomic E-state index is -0.934. The second-order valence-electron chi connectivity index (χ2n) is 5.94.